The Morgan fingerprint density at radius 2 is 2.33 bits per heavy atom. The zero-order valence-corrected chi connectivity index (χ0v) is 7.51. The van der Waals surface area contributed by atoms with E-state index in [4.69, 9.17) is 5.26 Å². The summed E-state index contributed by atoms with van der Waals surface area (Å²) in [7, 11) is 1.81. The number of aliphatic hydroxyl groups is 1. The first kappa shape index (κ1) is 9.50. The number of hydrogen-bond acceptors (Lipinski definition) is 3. The molecule has 1 atom stereocenters. The third-order valence-corrected chi connectivity index (χ3v) is 2.61. The second-order valence-corrected chi connectivity index (χ2v) is 3.66. The third kappa shape index (κ3) is 1.96. The number of likely N-dealkylation sites (N-methyl/N-ethyl adjacent to an activating group) is 1. The Morgan fingerprint density at radius 1 is 1.67 bits per heavy atom. The smallest absolute Gasteiger partial charge is 0.0690 e. The average molecular weight is 168 g/mol. The van der Waals surface area contributed by atoms with Crippen LogP contribution in [-0.2, 0) is 0 Å². The fraction of sp³-hybridized carbons (Fsp3) is 0.889. The molecule has 1 rings (SSSR count). The van der Waals surface area contributed by atoms with Gasteiger partial charge in [-0.3, -0.25) is 0 Å². The highest BCUT2D eigenvalue weighted by molar-refractivity contribution is 5.05. The third-order valence-electron chi connectivity index (χ3n) is 2.61. The molecule has 1 fully saturated rings. The number of nitrogens with zero attached hydrogens (tertiary/aromatic N) is 1. The van der Waals surface area contributed by atoms with Gasteiger partial charge in [-0.2, -0.15) is 5.26 Å². The maximum Gasteiger partial charge on any atom is 0.0690 e. The number of aliphatic hydroxyl groups excluding tert-OH is 1. The van der Waals surface area contributed by atoms with Crippen molar-refractivity contribution in [1.29, 1.82) is 5.26 Å². The lowest BCUT2D eigenvalue weighted by Gasteiger charge is -2.36. The summed E-state index contributed by atoms with van der Waals surface area (Å²) in [6, 6.07) is 2.32. The topological polar surface area (TPSA) is 56.0 Å². The molecule has 0 radical (unpaired) electrons. The van der Waals surface area contributed by atoms with Crippen LogP contribution in [0.15, 0.2) is 0 Å². The molecule has 0 bridgehead atoms. The van der Waals surface area contributed by atoms with E-state index in [-0.39, 0.29) is 11.5 Å². The van der Waals surface area contributed by atoms with E-state index in [1.54, 1.807) is 0 Å². The van der Waals surface area contributed by atoms with E-state index >= 15 is 0 Å². The highest BCUT2D eigenvalue weighted by Crippen LogP contribution is 2.43. The van der Waals surface area contributed by atoms with Crippen LogP contribution in [0.25, 0.3) is 0 Å². The first-order chi connectivity index (χ1) is 5.72. The van der Waals surface area contributed by atoms with E-state index in [0.717, 1.165) is 19.3 Å². The van der Waals surface area contributed by atoms with Crippen molar-refractivity contribution in [2.75, 3.05) is 13.6 Å². The molecule has 2 N–H and O–H groups in total. The first-order valence-corrected chi connectivity index (χ1v) is 4.46. The van der Waals surface area contributed by atoms with E-state index in [9.17, 15) is 5.11 Å². The van der Waals surface area contributed by atoms with Crippen molar-refractivity contribution >= 4 is 0 Å². The fourth-order valence-corrected chi connectivity index (χ4v) is 1.72. The van der Waals surface area contributed by atoms with Gasteiger partial charge in [-0.25, -0.2) is 0 Å². The van der Waals surface area contributed by atoms with Crippen LogP contribution in [0.1, 0.15) is 25.7 Å². The molecule has 0 aromatic carbocycles. The minimum Gasteiger partial charge on any atom is -0.392 e. The van der Waals surface area contributed by atoms with Crippen molar-refractivity contribution in [2.45, 2.75) is 31.8 Å². The molecule has 1 saturated carbocycles. The van der Waals surface area contributed by atoms with Crippen LogP contribution in [0, 0.1) is 16.7 Å². The van der Waals surface area contributed by atoms with Crippen LogP contribution in [0.5, 0.6) is 0 Å². The molecule has 1 aliphatic carbocycles. The minimum absolute atomic E-state index is 0.198. The zero-order valence-electron chi connectivity index (χ0n) is 7.51. The molecular weight excluding hydrogens is 152 g/mol. The average Bonchev–Trinajstić information content (AvgIpc) is 1.97. The molecule has 0 aliphatic heterocycles. The Morgan fingerprint density at radius 3 is 2.67 bits per heavy atom. The monoisotopic (exact) mass is 168 g/mol. The summed E-state index contributed by atoms with van der Waals surface area (Å²) in [5.74, 6) is 0. The van der Waals surface area contributed by atoms with Gasteiger partial charge in [-0.15, -0.1) is 0 Å². The predicted molar refractivity (Wildman–Crippen MR) is 46.4 cm³/mol. The molecule has 0 amide bonds. The minimum atomic E-state index is -0.366. The van der Waals surface area contributed by atoms with Gasteiger partial charge in [0.05, 0.1) is 17.6 Å². The summed E-state index contributed by atoms with van der Waals surface area (Å²) in [5.41, 5.74) is -0.198. The highest BCUT2D eigenvalue weighted by Gasteiger charge is 2.38. The Labute approximate surface area is 73.4 Å². The van der Waals surface area contributed by atoms with Crippen molar-refractivity contribution < 1.29 is 5.11 Å². The standard InChI is InChI=1S/C9H16N2O/c1-11-6-8(12)5-9(7-10)3-2-4-9/h8,11-12H,2-6H2,1H3/t8-/m1/s1. The summed E-state index contributed by atoms with van der Waals surface area (Å²) >= 11 is 0. The summed E-state index contributed by atoms with van der Waals surface area (Å²) < 4.78 is 0. The van der Waals surface area contributed by atoms with Crippen LogP contribution >= 0.6 is 0 Å². The lowest BCUT2D eigenvalue weighted by molar-refractivity contribution is 0.0815. The van der Waals surface area contributed by atoms with Gasteiger partial charge in [-0.05, 0) is 26.3 Å². The number of nitrogens with one attached hydrogen (secondary N) is 1. The van der Waals surface area contributed by atoms with Crippen molar-refractivity contribution in [3.63, 3.8) is 0 Å². The normalized spacial score (nSPS) is 22.4. The van der Waals surface area contributed by atoms with E-state index in [2.05, 4.69) is 11.4 Å². The fourth-order valence-electron chi connectivity index (χ4n) is 1.72. The number of rotatable bonds is 4. The second kappa shape index (κ2) is 3.88. The van der Waals surface area contributed by atoms with Crippen molar-refractivity contribution in [1.82, 2.24) is 5.32 Å². The van der Waals surface area contributed by atoms with Crippen molar-refractivity contribution in [2.24, 2.45) is 5.41 Å². The highest BCUT2D eigenvalue weighted by atomic mass is 16.3. The Kier molecular flexibility index (Phi) is 3.07. The molecule has 3 nitrogen and oxygen atoms in total. The van der Waals surface area contributed by atoms with Gasteiger partial charge in [0.15, 0.2) is 0 Å². The van der Waals surface area contributed by atoms with E-state index in [0.29, 0.717) is 13.0 Å². The van der Waals surface area contributed by atoms with E-state index < -0.39 is 0 Å². The Hall–Kier alpha value is -0.590. The maximum atomic E-state index is 9.47. The Bertz CT molecular complexity index is 181. The molecule has 1 aliphatic rings. The largest absolute Gasteiger partial charge is 0.392 e. The molecule has 0 heterocycles. The molecule has 0 spiro atoms. The van der Waals surface area contributed by atoms with Gasteiger partial charge in [0.1, 0.15) is 0 Å². The second-order valence-electron chi connectivity index (χ2n) is 3.66. The molecule has 0 aromatic heterocycles. The van der Waals surface area contributed by atoms with Crippen LogP contribution in [0.2, 0.25) is 0 Å². The van der Waals surface area contributed by atoms with Gasteiger partial charge in [0, 0.05) is 6.54 Å². The van der Waals surface area contributed by atoms with Gasteiger partial charge in [0.2, 0.25) is 0 Å². The van der Waals surface area contributed by atoms with Gasteiger partial charge in [-0.1, -0.05) is 6.42 Å². The lowest BCUT2D eigenvalue weighted by Crippen LogP contribution is -2.35. The maximum absolute atomic E-state index is 9.47. The van der Waals surface area contributed by atoms with Gasteiger partial charge >= 0.3 is 0 Å². The SMILES string of the molecule is CNC[C@H](O)CC1(C#N)CCC1. The van der Waals surface area contributed by atoms with Crippen molar-refractivity contribution in [3.05, 3.63) is 0 Å². The summed E-state index contributed by atoms with van der Waals surface area (Å²) in [6.45, 7) is 0.587. The van der Waals surface area contributed by atoms with Crippen molar-refractivity contribution in [3.8, 4) is 6.07 Å². The lowest BCUT2D eigenvalue weighted by atomic mass is 9.67. The van der Waals surface area contributed by atoms with Gasteiger partial charge in [0.25, 0.3) is 0 Å². The van der Waals surface area contributed by atoms with Crippen LogP contribution in [0.4, 0.5) is 0 Å². The van der Waals surface area contributed by atoms with E-state index in [1.165, 1.54) is 0 Å². The molecule has 3 heteroatoms. The molecule has 0 saturated heterocycles. The summed E-state index contributed by atoms with van der Waals surface area (Å²) in [4.78, 5) is 0. The number of nitriles is 1. The molecule has 68 valence electrons. The number of hydrogen-bond donors (Lipinski definition) is 2. The van der Waals surface area contributed by atoms with Gasteiger partial charge < -0.3 is 10.4 Å². The quantitative estimate of drug-likeness (QED) is 0.648. The molecule has 0 unspecified atom stereocenters. The van der Waals surface area contributed by atoms with Crippen LogP contribution < -0.4 is 5.32 Å². The van der Waals surface area contributed by atoms with Crippen LogP contribution in [-0.4, -0.2) is 24.8 Å². The Balaban J connectivity index is 2.33. The molecule has 12 heavy (non-hydrogen) atoms. The zero-order chi connectivity index (χ0) is 9.03. The van der Waals surface area contributed by atoms with E-state index in [1.807, 2.05) is 7.05 Å². The summed E-state index contributed by atoms with van der Waals surface area (Å²) in [6.07, 6.45) is 3.33. The molecular formula is C9H16N2O. The summed E-state index contributed by atoms with van der Waals surface area (Å²) in [5, 5.41) is 21.2. The molecule has 0 aromatic rings. The van der Waals surface area contributed by atoms with Crippen LogP contribution in [0.3, 0.4) is 0 Å². The first-order valence-electron chi connectivity index (χ1n) is 4.46. The predicted octanol–water partition coefficient (Wildman–Crippen LogP) is 0.651.